The lowest BCUT2D eigenvalue weighted by molar-refractivity contribution is -0.131. The van der Waals surface area contributed by atoms with E-state index in [4.69, 9.17) is 24.4 Å². The van der Waals surface area contributed by atoms with Crippen LogP contribution in [0.15, 0.2) is 60.7 Å². The van der Waals surface area contributed by atoms with Gasteiger partial charge in [0.2, 0.25) is 0 Å². The van der Waals surface area contributed by atoms with Crippen LogP contribution in [0.4, 0.5) is 10.5 Å². The molecule has 0 radical (unpaired) electrons. The molecule has 32 heavy (non-hydrogen) atoms. The number of hydrogen-bond donors (Lipinski definition) is 3. The zero-order valence-electron chi connectivity index (χ0n) is 18.2. The number of carboxylic acid groups (broad SMARTS) is 1. The lowest BCUT2D eigenvalue weighted by Gasteiger charge is -2.26. The van der Waals surface area contributed by atoms with Gasteiger partial charge in [-0.3, -0.25) is 5.32 Å². The van der Waals surface area contributed by atoms with E-state index in [-0.39, 0.29) is 13.2 Å². The molecule has 0 spiro atoms. The molecule has 3 N–H and O–H groups in total. The quantitative estimate of drug-likeness (QED) is 0.423. The third kappa shape index (κ3) is 8.41. The molecule has 1 amide bonds. The minimum Gasteiger partial charge on any atom is -0.491 e. The number of methoxy groups -OCH3 is 1. The molecular formula is C24H29NO7. The third-order valence-corrected chi connectivity index (χ3v) is 4.60. The maximum atomic E-state index is 12.6. The molecule has 2 rings (SSSR count). The molecule has 0 aliphatic carbocycles. The summed E-state index contributed by atoms with van der Waals surface area (Å²) in [5.41, 5.74) is 2.31. The van der Waals surface area contributed by atoms with Crippen molar-refractivity contribution in [2.45, 2.75) is 32.0 Å². The number of rotatable bonds is 12. The summed E-state index contributed by atoms with van der Waals surface area (Å²) in [5, 5.41) is 20.5. The second kappa shape index (κ2) is 13.1. The van der Waals surface area contributed by atoms with E-state index in [0.29, 0.717) is 29.8 Å². The normalized spacial score (nSPS) is 12.8. The van der Waals surface area contributed by atoms with E-state index < -0.39 is 24.3 Å². The number of aliphatic hydroxyl groups is 1. The zero-order chi connectivity index (χ0) is 23.3. The van der Waals surface area contributed by atoms with E-state index in [0.717, 1.165) is 11.6 Å². The number of carbonyl (C=O) groups is 2. The number of ether oxygens (including phenoxy) is 3. The zero-order valence-corrected chi connectivity index (χ0v) is 18.2. The predicted octanol–water partition coefficient (Wildman–Crippen LogP) is 4.09. The fourth-order valence-electron chi connectivity index (χ4n) is 3.04. The Morgan fingerprint density at radius 1 is 1.16 bits per heavy atom. The highest BCUT2D eigenvalue weighted by Crippen LogP contribution is 2.29. The van der Waals surface area contributed by atoms with Gasteiger partial charge in [-0.15, -0.1) is 0 Å². The molecule has 0 heterocycles. The lowest BCUT2D eigenvalue weighted by atomic mass is 10.00. The summed E-state index contributed by atoms with van der Waals surface area (Å²) in [6.07, 6.45) is 1.47. The molecule has 2 aromatic carbocycles. The Hall–Kier alpha value is -3.36. The van der Waals surface area contributed by atoms with E-state index in [9.17, 15) is 9.59 Å². The smallest absolute Gasteiger partial charge is 0.412 e. The molecule has 0 saturated heterocycles. The Morgan fingerprint density at radius 2 is 1.91 bits per heavy atom. The molecule has 0 aromatic heterocycles. The van der Waals surface area contributed by atoms with Crippen molar-refractivity contribution in [1.29, 1.82) is 0 Å². The number of anilines is 1. The molecule has 0 bridgehead atoms. The molecule has 0 aliphatic rings. The van der Waals surface area contributed by atoms with E-state index in [1.807, 2.05) is 19.1 Å². The molecular weight excluding hydrogens is 414 g/mol. The van der Waals surface area contributed by atoms with Crippen molar-refractivity contribution in [3.05, 3.63) is 71.8 Å². The third-order valence-electron chi connectivity index (χ3n) is 4.60. The predicted molar refractivity (Wildman–Crippen MR) is 120 cm³/mol. The van der Waals surface area contributed by atoms with Crippen LogP contribution in [0.1, 0.15) is 30.1 Å². The number of aliphatic hydroxyl groups excluding tert-OH is 1. The van der Waals surface area contributed by atoms with Gasteiger partial charge in [-0.2, -0.15) is 0 Å². The minimum atomic E-state index is -1.03. The molecule has 2 aromatic rings. The van der Waals surface area contributed by atoms with Crippen molar-refractivity contribution >= 4 is 17.7 Å². The highest BCUT2D eigenvalue weighted by Gasteiger charge is 2.27. The van der Waals surface area contributed by atoms with Gasteiger partial charge in [0.25, 0.3) is 0 Å². The summed E-state index contributed by atoms with van der Waals surface area (Å²) >= 11 is 0. The van der Waals surface area contributed by atoms with Crippen molar-refractivity contribution < 1.29 is 34.0 Å². The van der Waals surface area contributed by atoms with Gasteiger partial charge in [-0.05, 0) is 49.6 Å². The first kappa shape index (κ1) is 24.9. The number of aryl methyl sites for hydroxylation is 1. The lowest BCUT2D eigenvalue weighted by Crippen LogP contribution is -2.28. The van der Waals surface area contributed by atoms with Crippen LogP contribution in [-0.2, 0) is 14.3 Å². The van der Waals surface area contributed by atoms with Crippen molar-refractivity contribution in [2.75, 3.05) is 25.6 Å². The van der Waals surface area contributed by atoms with Crippen LogP contribution in [-0.4, -0.2) is 48.7 Å². The Kier molecular flexibility index (Phi) is 10.2. The van der Waals surface area contributed by atoms with Gasteiger partial charge in [0.15, 0.2) is 6.10 Å². The van der Waals surface area contributed by atoms with Gasteiger partial charge < -0.3 is 24.4 Å². The SMILES string of the molecule is CO[C@H](CC/C=C/C(=O)O)[C@H](OC(=O)Nc1ccc(C)cc1)c1cccc(OCCO)c1. The highest BCUT2D eigenvalue weighted by molar-refractivity contribution is 5.84. The molecule has 0 aliphatic heterocycles. The summed E-state index contributed by atoms with van der Waals surface area (Å²) in [6, 6.07) is 14.3. The Bertz CT molecular complexity index is 895. The number of allylic oxidation sites excluding steroid dienone is 1. The molecule has 0 unspecified atom stereocenters. The van der Waals surface area contributed by atoms with Gasteiger partial charge in [-0.1, -0.05) is 35.9 Å². The highest BCUT2D eigenvalue weighted by atomic mass is 16.6. The van der Waals surface area contributed by atoms with Gasteiger partial charge in [-0.25, -0.2) is 9.59 Å². The molecule has 0 saturated carbocycles. The van der Waals surface area contributed by atoms with E-state index >= 15 is 0 Å². The van der Waals surface area contributed by atoms with E-state index in [2.05, 4.69) is 5.32 Å². The molecule has 2 atom stereocenters. The summed E-state index contributed by atoms with van der Waals surface area (Å²) in [6.45, 7) is 1.96. The topological polar surface area (TPSA) is 114 Å². The standard InChI is InChI=1S/C24H29NO7/c1-17-10-12-19(13-11-17)25-24(29)32-23(21(30-2)8-3-4-9-22(27)28)18-6-5-7-20(16-18)31-15-14-26/h4-7,9-13,16,21,23,26H,3,8,14-15H2,1-2H3,(H,25,29)(H,27,28)/b9-4+/t21-,23-/m1/s1. The van der Waals surface area contributed by atoms with Gasteiger partial charge in [0, 0.05) is 18.9 Å². The van der Waals surface area contributed by atoms with Crippen LogP contribution in [0.5, 0.6) is 5.75 Å². The molecule has 8 nitrogen and oxygen atoms in total. The Morgan fingerprint density at radius 3 is 2.56 bits per heavy atom. The summed E-state index contributed by atoms with van der Waals surface area (Å²) in [7, 11) is 1.51. The second-order valence-corrected chi connectivity index (χ2v) is 7.05. The van der Waals surface area contributed by atoms with Crippen molar-refractivity contribution in [3.63, 3.8) is 0 Å². The summed E-state index contributed by atoms with van der Waals surface area (Å²) in [4.78, 5) is 23.3. The average Bonchev–Trinajstić information content (AvgIpc) is 2.78. The fraction of sp³-hybridized carbons (Fsp3) is 0.333. The Labute approximate surface area is 187 Å². The second-order valence-electron chi connectivity index (χ2n) is 7.05. The maximum absolute atomic E-state index is 12.6. The van der Waals surface area contributed by atoms with Gasteiger partial charge in [0.1, 0.15) is 12.4 Å². The van der Waals surface area contributed by atoms with Crippen LogP contribution in [0.25, 0.3) is 0 Å². The number of nitrogens with one attached hydrogen (secondary N) is 1. The maximum Gasteiger partial charge on any atom is 0.412 e. The van der Waals surface area contributed by atoms with Crippen molar-refractivity contribution in [3.8, 4) is 5.75 Å². The van der Waals surface area contributed by atoms with Crippen LogP contribution in [0.2, 0.25) is 0 Å². The van der Waals surface area contributed by atoms with Crippen molar-refractivity contribution in [2.24, 2.45) is 0 Å². The first-order chi connectivity index (χ1) is 15.4. The molecule has 0 fully saturated rings. The van der Waals surface area contributed by atoms with Gasteiger partial charge >= 0.3 is 12.1 Å². The number of amides is 1. The van der Waals surface area contributed by atoms with Gasteiger partial charge in [0.05, 0.1) is 12.7 Å². The van der Waals surface area contributed by atoms with Crippen LogP contribution in [0.3, 0.4) is 0 Å². The number of aliphatic carboxylic acids is 1. The minimum absolute atomic E-state index is 0.125. The summed E-state index contributed by atoms with van der Waals surface area (Å²) in [5.74, 6) is -0.511. The number of hydrogen-bond acceptors (Lipinski definition) is 6. The largest absolute Gasteiger partial charge is 0.491 e. The van der Waals surface area contributed by atoms with Crippen LogP contribution in [0, 0.1) is 6.92 Å². The van der Waals surface area contributed by atoms with E-state index in [1.54, 1.807) is 36.4 Å². The fourth-order valence-corrected chi connectivity index (χ4v) is 3.04. The number of carbonyl (C=O) groups excluding carboxylic acids is 1. The molecule has 8 heteroatoms. The Balaban J connectivity index is 2.21. The van der Waals surface area contributed by atoms with E-state index in [1.165, 1.54) is 13.2 Å². The average molecular weight is 443 g/mol. The number of benzene rings is 2. The first-order valence-electron chi connectivity index (χ1n) is 10.2. The molecule has 172 valence electrons. The summed E-state index contributed by atoms with van der Waals surface area (Å²) < 4.78 is 16.8. The number of carboxylic acids is 1. The van der Waals surface area contributed by atoms with Crippen LogP contribution < -0.4 is 10.1 Å². The van der Waals surface area contributed by atoms with Crippen LogP contribution >= 0.6 is 0 Å². The van der Waals surface area contributed by atoms with Crippen molar-refractivity contribution in [1.82, 2.24) is 0 Å². The first-order valence-corrected chi connectivity index (χ1v) is 10.2. The monoisotopic (exact) mass is 443 g/mol.